The summed E-state index contributed by atoms with van der Waals surface area (Å²) in [6, 6.07) is 14.6. The highest BCUT2D eigenvalue weighted by molar-refractivity contribution is 14.0. The van der Waals surface area contributed by atoms with Gasteiger partial charge in [0.15, 0.2) is 5.96 Å². The molecule has 1 aliphatic rings. The van der Waals surface area contributed by atoms with Crippen LogP contribution < -0.4 is 15.5 Å². The van der Waals surface area contributed by atoms with Gasteiger partial charge in [-0.15, -0.1) is 24.0 Å². The maximum Gasteiger partial charge on any atom is 0.191 e. The quantitative estimate of drug-likeness (QED) is 0.148. The summed E-state index contributed by atoms with van der Waals surface area (Å²) in [6.07, 6.45) is 5.01. The molecule has 3 rings (SSSR count). The van der Waals surface area contributed by atoms with Crippen LogP contribution in [-0.4, -0.2) is 68.2 Å². The molecule has 0 unspecified atom stereocenters. The number of aromatic nitrogens is 1. The molecule has 0 amide bonds. The number of anilines is 1. The second-order valence-electron chi connectivity index (χ2n) is 7.80. The third kappa shape index (κ3) is 9.50. The van der Waals surface area contributed by atoms with Gasteiger partial charge < -0.3 is 15.5 Å². The van der Waals surface area contributed by atoms with Crippen molar-refractivity contribution >= 4 is 47.2 Å². The third-order valence-electron chi connectivity index (χ3n) is 5.48. The molecule has 0 bridgehead atoms. The first-order valence-corrected chi connectivity index (χ1v) is 11.8. The van der Waals surface area contributed by atoms with Crippen molar-refractivity contribution < 1.29 is 0 Å². The van der Waals surface area contributed by atoms with E-state index >= 15 is 0 Å². The number of aliphatic imine (C=N–C) groups is 1. The van der Waals surface area contributed by atoms with Gasteiger partial charge in [0.05, 0.1) is 0 Å². The van der Waals surface area contributed by atoms with Crippen molar-refractivity contribution in [3.63, 3.8) is 0 Å². The van der Waals surface area contributed by atoms with Crippen LogP contribution in [0.3, 0.4) is 0 Å². The average molecular weight is 571 g/mol. The van der Waals surface area contributed by atoms with Crippen molar-refractivity contribution in [2.75, 3.05) is 57.3 Å². The Labute approximate surface area is 214 Å². The molecule has 2 N–H and O–H groups in total. The van der Waals surface area contributed by atoms with E-state index in [0.29, 0.717) is 5.15 Å². The van der Waals surface area contributed by atoms with E-state index in [1.165, 1.54) is 17.7 Å². The largest absolute Gasteiger partial charge is 0.369 e. The lowest BCUT2D eigenvalue weighted by atomic mass is 10.2. The lowest BCUT2D eigenvalue weighted by molar-refractivity contribution is 0.253. The van der Waals surface area contributed by atoms with Crippen molar-refractivity contribution in [3.8, 4) is 0 Å². The molecule has 8 heteroatoms. The first-order valence-electron chi connectivity index (χ1n) is 11.4. The fourth-order valence-electron chi connectivity index (χ4n) is 3.73. The highest BCUT2D eigenvalue weighted by Gasteiger charge is 2.16. The lowest BCUT2D eigenvalue weighted by Crippen LogP contribution is -2.46. The van der Waals surface area contributed by atoms with Crippen LogP contribution in [-0.2, 0) is 6.42 Å². The minimum atomic E-state index is 0. The van der Waals surface area contributed by atoms with Gasteiger partial charge in [-0.1, -0.05) is 35.9 Å². The van der Waals surface area contributed by atoms with Gasteiger partial charge in [-0.3, -0.25) is 9.89 Å². The minimum Gasteiger partial charge on any atom is -0.369 e. The molecule has 1 aromatic carbocycles. The molecule has 1 aliphatic heterocycles. The maximum atomic E-state index is 5.84. The summed E-state index contributed by atoms with van der Waals surface area (Å²) in [5.74, 6) is 0.890. The fraction of sp³-hybridized carbons (Fsp3) is 0.500. The summed E-state index contributed by atoms with van der Waals surface area (Å²) in [7, 11) is 0. The van der Waals surface area contributed by atoms with Crippen LogP contribution in [0, 0.1) is 0 Å². The molecule has 2 aromatic rings. The molecule has 1 fully saturated rings. The number of pyridine rings is 1. The van der Waals surface area contributed by atoms with Crippen LogP contribution in [0.4, 0.5) is 5.69 Å². The number of nitrogens with zero attached hydrogens (tertiary/aromatic N) is 4. The molecule has 0 spiro atoms. The number of halogens is 2. The van der Waals surface area contributed by atoms with Crippen molar-refractivity contribution in [1.82, 2.24) is 20.5 Å². The van der Waals surface area contributed by atoms with E-state index in [1.807, 2.05) is 18.3 Å². The van der Waals surface area contributed by atoms with Crippen molar-refractivity contribution in [1.29, 1.82) is 0 Å². The maximum absolute atomic E-state index is 5.84. The fourth-order valence-corrected chi connectivity index (χ4v) is 3.84. The van der Waals surface area contributed by atoms with Crippen molar-refractivity contribution in [3.05, 3.63) is 59.4 Å². The Hall–Kier alpha value is -1.58. The zero-order chi connectivity index (χ0) is 21.7. The molecule has 0 radical (unpaired) electrons. The van der Waals surface area contributed by atoms with E-state index in [2.05, 4.69) is 62.7 Å². The predicted molar refractivity (Wildman–Crippen MR) is 147 cm³/mol. The SMILES string of the molecule is CCNC(=NCCCCN1CCN(c2ccccc2)CC1)NCCc1ccc(Cl)nc1.I. The van der Waals surface area contributed by atoms with Gasteiger partial charge in [0.1, 0.15) is 5.15 Å². The van der Waals surface area contributed by atoms with Gasteiger partial charge in [-0.25, -0.2) is 4.98 Å². The first-order chi connectivity index (χ1) is 15.2. The van der Waals surface area contributed by atoms with Crippen molar-refractivity contribution in [2.45, 2.75) is 26.2 Å². The molecule has 0 saturated carbocycles. The number of hydrogen-bond acceptors (Lipinski definition) is 4. The number of benzene rings is 1. The third-order valence-corrected chi connectivity index (χ3v) is 5.71. The van der Waals surface area contributed by atoms with Crippen LogP contribution in [0.5, 0.6) is 0 Å². The summed E-state index contributed by atoms with van der Waals surface area (Å²) < 4.78 is 0. The Balaban J connectivity index is 0.00000363. The monoisotopic (exact) mass is 570 g/mol. The van der Waals surface area contributed by atoms with E-state index in [4.69, 9.17) is 16.6 Å². The zero-order valence-corrected chi connectivity index (χ0v) is 22.1. The van der Waals surface area contributed by atoms with Gasteiger partial charge in [0.2, 0.25) is 0 Å². The lowest BCUT2D eigenvalue weighted by Gasteiger charge is -2.36. The van der Waals surface area contributed by atoms with E-state index in [0.717, 1.165) is 71.2 Å². The minimum absolute atomic E-state index is 0. The van der Waals surface area contributed by atoms with E-state index < -0.39 is 0 Å². The Kier molecular flexibility index (Phi) is 12.7. The Bertz CT molecular complexity index is 779. The van der Waals surface area contributed by atoms with Crippen LogP contribution >= 0.6 is 35.6 Å². The van der Waals surface area contributed by atoms with Gasteiger partial charge >= 0.3 is 0 Å². The number of hydrogen-bond donors (Lipinski definition) is 2. The Morgan fingerprint density at radius 2 is 1.81 bits per heavy atom. The van der Waals surface area contributed by atoms with Crippen LogP contribution in [0.15, 0.2) is 53.7 Å². The van der Waals surface area contributed by atoms with Crippen LogP contribution in [0.25, 0.3) is 0 Å². The van der Waals surface area contributed by atoms with Crippen LogP contribution in [0.1, 0.15) is 25.3 Å². The van der Waals surface area contributed by atoms with Gasteiger partial charge in [-0.05, 0) is 56.5 Å². The molecular weight excluding hydrogens is 535 g/mol. The Morgan fingerprint density at radius 3 is 2.50 bits per heavy atom. The number of piperazine rings is 1. The summed E-state index contributed by atoms with van der Waals surface area (Å²) in [4.78, 5) is 13.9. The van der Waals surface area contributed by atoms with E-state index in [1.54, 1.807) is 0 Å². The standard InChI is InChI=1S/C24H35ClN6.HI/c1-2-26-24(28-14-12-21-10-11-23(25)29-20-21)27-13-6-7-15-30-16-18-31(19-17-30)22-8-4-3-5-9-22;/h3-5,8-11,20H,2,6-7,12-19H2,1H3,(H2,26,27,28);1H. The summed E-state index contributed by atoms with van der Waals surface area (Å²) >= 11 is 5.84. The zero-order valence-electron chi connectivity index (χ0n) is 19.0. The number of para-hydroxylation sites is 1. The molecule has 2 heterocycles. The number of unbranched alkanes of at least 4 members (excludes halogenated alkanes) is 1. The molecule has 1 aromatic heterocycles. The Morgan fingerprint density at radius 1 is 1.03 bits per heavy atom. The molecule has 176 valence electrons. The smallest absolute Gasteiger partial charge is 0.191 e. The normalized spacial score (nSPS) is 14.7. The van der Waals surface area contributed by atoms with Gasteiger partial charge in [-0.2, -0.15) is 0 Å². The first kappa shape index (κ1) is 26.7. The summed E-state index contributed by atoms with van der Waals surface area (Å²) in [6.45, 7) is 10.3. The van der Waals surface area contributed by atoms with Crippen molar-refractivity contribution in [2.24, 2.45) is 4.99 Å². The topological polar surface area (TPSA) is 55.8 Å². The predicted octanol–water partition coefficient (Wildman–Crippen LogP) is 4.05. The molecule has 32 heavy (non-hydrogen) atoms. The summed E-state index contributed by atoms with van der Waals surface area (Å²) in [5.41, 5.74) is 2.51. The van der Waals surface area contributed by atoms with Gasteiger partial charge in [0.25, 0.3) is 0 Å². The average Bonchev–Trinajstić information content (AvgIpc) is 2.81. The summed E-state index contributed by atoms with van der Waals surface area (Å²) in [5, 5.41) is 7.26. The second kappa shape index (κ2) is 15.3. The molecular formula is C24H36ClIN6. The van der Waals surface area contributed by atoms with E-state index in [9.17, 15) is 0 Å². The number of nitrogens with one attached hydrogen (secondary N) is 2. The molecule has 6 nitrogen and oxygen atoms in total. The molecule has 1 saturated heterocycles. The highest BCUT2D eigenvalue weighted by Crippen LogP contribution is 2.15. The molecule has 0 aliphatic carbocycles. The second-order valence-corrected chi connectivity index (χ2v) is 8.19. The van der Waals surface area contributed by atoms with Gasteiger partial charge in [0, 0.05) is 57.7 Å². The highest BCUT2D eigenvalue weighted by atomic mass is 127. The molecule has 0 atom stereocenters. The number of rotatable bonds is 10. The van der Waals surface area contributed by atoms with Crippen LogP contribution in [0.2, 0.25) is 5.15 Å². The van der Waals surface area contributed by atoms with E-state index in [-0.39, 0.29) is 24.0 Å². The number of guanidine groups is 1.